The summed E-state index contributed by atoms with van der Waals surface area (Å²) in [7, 11) is 0. The van der Waals surface area contributed by atoms with Crippen LogP contribution in [-0.4, -0.2) is 35.5 Å². The number of carbonyl (C=O) groups is 1. The van der Waals surface area contributed by atoms with Gasteiger partial charge in [0.2, 0.25) is 0 Å². The van der Waals surface area contributed by atoms with E-state index >= 15 is 0 Å². The van der Waals surface area contributed by atoms with E-state index in [0.717, 1.165) is 25.7 Å². The minimum Gasteiger partial charge on any atom is -0.394 e. The maximum Gasteiger partial charge on any atom is 0.342 e. The molecule has 5 heteroatoms. The van der Waals surface area contributed by atoms with Gasteiger partial charge in [-0.3, -0.25) is 4.89 Å². The predicted octanol–water partition coefficient (Wildman–Crippen LogP) is 4.96. The lowest BCUT2D eigenvalue weighted by molar-refractivity contribution is -0.282. The van der Waals surface area contributed by atoms with Gasteiger partial charge in [-0.05, 0) is 44.9 Å². The molecule has 0 saturated carbocycles. The third kappa shape index (κ3) is 20.6. The second kappa shape index (κ2) is 21.6. The van der Waals surface area contributed by atoms with E-state index in [2.05, 4.69) is 59.2 Å². The summed E-state index contributed by atoms with van der Waals surface area (Å²) in [6.07, 6.45) is 25.9. The van der Waals surface area contributed by atoms with Crippen LogP contribution in [0.2, 0.25) is 0 Å². The van der Waals surface area contributed by atoms with Crippen molar-refractivity contribution in [2.24, 2.45) is 0 Å². The maximum atomic E-state index is 11.3. The van der Waals surface area contributed by atoms with Crippen molar-refractivity contribution in [3.05, 3.63) is 48.6 Å². The quantitative estimate of drug-likeness (QED) is 0.149. The topological polar surface area (TPSA) is 76.0 Å². The predicted molar refractivity (Wildman–Crippen MR) is 114 cm³/mol. The molecule has 0 aliphatic rings. The van der Waals surface area contributed by atoms with Gasteiger partial charge < -0.3 is 10.2 Å². The largest absolute Gasteiger partial charge is 0.394 e. The molecular weight excluding hydrogens is 356 g/mol. The summed E-state index contributed by atoms with van der Waals surface area (Å²) < 4.78 is 0. The molecule has 0 saturated heterocycles. The molecule has 0 fully saturated rings. The maximum absolute atomic E-state index is 11.3. The van der Waals surface area contributed by atoms with Gasteiger partial charge in [0.1, 0.15) is 12.7 Å². The van der Waals surface area contributed by atoms with Gasteiger partial charge in [0.05, 0.1) is 6.61 Å². The number of hydrogen-bond donors (Lipinski definition) is 2. The van der Waals surface area contributed by atoms with Gasteiger partial charge >= 0.3 is 5.97 Å². The standard InChI is InChI=1S/C23H38O5/c1-2-3-4-5-6-7-8-9-10-11-12-13-14-15-16-17-18-19-23(26)28-27-21-22(25)20-24/h6-7,9-10,12-13,15-16,22,24-25H,2-5,8,11,14,17-21H2,1H3. The lowest BCUT2D eigenvalue weighted by Gasteiger charge is -2.06. The molecule has 0 aliphatic carbocycles. The van der Waals surface area contributed by atoms with Crippen LogP contribution >= 0.6 is 0 Å². The second-order valence-electron chi connectivity index (χ2n) is 6.56. The van der Waals surface area contributed by atoms with Gasteiger partial charge in [0.25, 0.3) is 0 Å². The number of aliphatic hydroxyl groups excluding tert-OH is 2. The zero-order chi connectivity index (χ0) is 20.7. The van der Waals surface area contributed by atoms with E-state index in [9.17, 15) is 4.79 Å². The summed E-state index contributed by atoms with van der Waals surface area (Å²) in [6.45, 7) is 1.57. The molecule has 0 heterocycles. The minimum atomic E-state index is -1.03. The first-order valence-corrected chi connectivity index (χ1v) is 10.4. The highest BCUT2D eigenvalue weighted by Crippen LogP contribution is 2.02. The third-order valence-corrected chi connectivity index (χ3v) is 3.83. The molecule has 2 N–H and O–H groups in total. The van der Waals surface area contributed by atoms with Crippen molar-refractivity contribution in [2.45, 2.75) is 77.2 Å². The van der Waals surface area contributed by atoms with Crippen LogP contribution in [0.1, 0.15) is 71.1 Å². The average Bonchev–Trinajstić information content (AvgIpc) is 2.70. The molecule has 0 aromatic rings. The highest BCUT2D eigenvalue weighted by Gasteiger charge is 2.06. The lowest BCUT2D eigenvalue weighted by atomic mass is 10.2. The van der Waals surface area contributed by atoms with E-state index in [1.54, 1.807) is 0 Å². The molecule has 1 atom stereocenters. The summed E-state index contributed by atoms with van der Waals surface area (Å²) in [4.78, 5) is 20.4. The van der Waals surface area contributed by atoms with Crippen LogP contribution in [0, 0.1) is 0 Å². The van der Waals surface area contributed by atoms with E-state index < -0.39 is 18.7 Å². The molecule has 0 rings (SSSR count). The van der Waals surface area contributed by atoms with Gasteiger partial charge in [0, 0.05) is 6.42 Å². The number of aliphatic hydroxyl groups is 2. The average molecular weight is 395 g/mol. The molecule has 0 amide bonds. The molecule has 160 valence electrons. The van der Waals surface area contributed by atoms with Crippen molar-refractivity contribution < 1.29 is 24.8 Å². The molecule has 1 unspecified atom stereocenters. The Bertz CT molecular complexity index is 466. The van der Waals surface area contributed by atoms with Crippen molar-refractivity contribution in [1.82, 2.24) is 0 Å². The zero-order valence-corrected chi connectivity index (χ0v) is 17.3. The van der Waals surface area contributed by atoms with Crippen LogP contribution in [0.4, 0.5) is 0 Å². The Morgan fingerprint density at radius 2 is 1.39 bits per heavy atom. The molecular formula is C23H38O5. The second-order valence-corrected chi connectivity index (χ2v) is 6.56. The van der Waals surface area contributed by atoms with E-state index in [-0.39, 0.29) is 13.0 Å². The van der Waals surface area contributed by atoms with Crippen LogP contribution < -0.4 is 0 Å². The van der Waals surface area contributed by atoms with Gasteiger partial charge in [-0.15, -0.1) is 0 Å². The van der Waals surface area contributed by atoms with Crippen LogP contribution in [-0.2, 0) is 14.6 Å². The van der Waals surface area contributed by atoms with Crippen LogP contribution in [0.5, 0.6) is 0 Å². The van der Waals surface area contributed by atoms with Crippen molar-refractivity contribution in [2.75, 3.05) is 13.2 Å². The highest BCUT2D eigenvalue weighted by molar-refractivity contribution is 5.68. The number of unbranched alkanes of at least 4 members (excludes halogenated alkanes) is 4. The lowest BCUT2D eigenvalue weighted by Crippen LogP contribution is -2.20. The van der Waals surface area contributed by atoms with Crippen molar-refractivity contribution in [3.8, 4) is 0 Å². The number of hydrogen-bond acceptors (Lipinski definition) is 5. The summed E-state index contributed by atoms with van der Waals surface area (Å²) in [5.41, 5.74) is 0. The van der Waals surface area contributed by atoms with Gasteiger partial charge in [-0.25, -0.2) is 4.79 Å². The Balaban J connectivity index is 3.49. The zero-order valence-electron chi connectivity index (χ0n) is 17.3. The first-order chi connectivity index (χ1) is 13.7. The Labute approximate surface area is 170 Å². The summed E-state index contributed by atoms with van der Waals surface area (Å²) in [6, 6.07) is 0. The summed E-state index contributed by atoms with van der Waals surface area (Å²) >= 11 is 0. The molecule has 28 heavy (non-hydrogen) atoms. The normalized spacial score (nSPS) is 13.4. The van der Waals surface area contributed by atoms with Gasteiger partial charge in [0.15, 0.2) is 0 Å². The molecule has 0 bridgehead atoms. The van der Waals surface area contributed by atoms with Crippen molar-refractivity contribution in [1.29, 1.82) is 0 Å². The van der Waals surface area contributed by atoms with Crippen molar-refractivity contribution >= 4 is 5.97 Å². The molecule has 0 aromatic heterocycles. The SMILES string of the molecule is CCCCCC=CCC=CCC=CCC=CCCCC(=O)OOCC(O)CO. The van der Waals surface area contributed by atoms with E-state index in [4.69, 9.17) is 10.2 Å². The van der Waals surface area contributed by atoms with E-state index in [0.29, 0.717) is 6.42 Å². The smallest absolute Gasteiger partial charge is 0.342 e. The van der Waals surface area contributed by atoms with Crippen LogP contribution in [0.3, 0.4) is 0 Å². The fraction of sp³-hybridized carbons (Fsp3) is 0.609. The Kier molecular flexibility index (Phi) is 20.3. The van der Waals surface area contributed by atoms with Crippen LogP contribution in [0.15, 0.2) is 48.6 Å². The third-order valence-electron chi connectivity index (χ3n) is 3.83. The van der Waals surface area contributed by atoms with Gasteiger partial charge in [-0.2, -0.15) is 4.89 Å². The molecule has 0 spiro atoms. The highest BCUT2D eigenvalue weighted by atomic mass is 17.2. The summed E-state index contributed by atoms with van der Waals surface area (Å²) in [5.74, 6) is -0.471. The molecule has 0 aromatic carbocycles. The molecule has 0 aliphatic heterocycles. The number of carbonyl (C=O) groups excluding carboxylic acids is 1. The minimum absolute atomic E-state index is 0.223. The van der Waals surface area contributed by atoms with Crippen LogP contribution in [0.25, 0.3) is 0 Å². The van der Waals surface area contributed by atoms with E-state index in [1.807, 2.05) is 6.08 Å². The summed E-state index contributed by atoms with van der Waals surface area (Å²) in [5, 5.41) is 17.6. The molecule has 0 radical (unpaired) electrons. The monoisotopic (exact) mass is 394 g/mol. The fourth-order valence-corrected chi connectivity index (χ4v) is 2.20. The Hall–Kier alpha value is -1.69. The first-order valence-electron chi connectivity index (χ1n) is 10.4. The Morgan fingerprint density at radius 3 is 1.93 bits per heavy atom. The van der Waals surface area contributed by atoms with Gasteiger partial charge in [-0.1, -0.05) is 68.4 Å². The number of rotatable bonds is 18. The number of allylic oxidation sites excluding steroid dienone is 8. The first kappa shape index (κ1) is 26.3. The fourth-order valence-electron chi connectivity index (χ4n) is 2.20. The van der Waals surface area contributed by atoms with Crippen molar-refractivity contribution in [3.63, 3.8) is 0 Å². The van der Waals surface area contributed by atoms with E-state index in [1.165, 1.54) is 25.7 Å². The Morgan fingerprint density at radius 1 is 0.857 bits per heavy atom. The molecule has 5 nitrogen and oxygen atoms in total.